The average Bonchev–Trinajstić information content (AvgIpc) is 1.74. The van der Waals surface area contributed by atoms with E-state index in [2.05, 4.69) is 328 Å². The van der Waals surface area contributed by atoms with Gasteiger partial charge in [-0.2, -0.15) is 0 Å². The molecule has 0 N–H and O–H groups in total. The van der Waals surface area contributed by atoms with E-state index in [0.717, 1.165) is 83.4 Å². The van der Waals surface area contributed by atoms with E-state index in [9.17, 15) is 0 Å². The summed E-state index contributed by atoms with van der Waals surface area (Å²) in [6.07, 6.45) is 0. The minimum Gasteiger partial charge on any atom is -0.454 e. The Kier molecular flexibility index (Phi) is 11.5. The molecule has 1 aliphatic carbocycles. The lowest BCUT2D eigenvalue weighted by Gasteiger charge is -2.34. The summed E-state index contributed by atoms with van der Waals surface area (Å²) in [6, 6.07) is 110. The zero-order valence-corrected chi connectivity index (χ0v) is 49.5. The second-order valence-electron chi connectivity index (χ2n) is 24.0. The molecular formula is C82H58N2O2Si. The summed E-state index contributed by atoms with van der Waals surface area (Å²) in [5.74, 6) is 0. The second kappa shape index (κ2) is 19.7. The highest BCUT2D eigenvalue weighted by molar-refractivity contribution is 7.20. The molecule has 0 aliphatic heterocycles. The maximum Gasteiger partial charge on any atom is 0.179 e. The molecule has 0 fully saturated rings. The Balaban J connectivity index is 0.866. The van der Waals surface area contributed by atoms with Crippen LogP contribution in [0.5, 0.6) is 0 Å². The molecular weight excluding hydrogens is 1070 g/mol. The number of nitrogens with zero attached hydrogens (tertiary/aromatic N) is 2. The number of hydrogen-bond donors (Lipinski definition) is 0. The van der Waals surface area contributed by atoms with Crippen LogP contribution < -0.4 is 30.5 Å². The summed E-state index contributed by atoms with van der Waals surface area (Å²) in [5.41, 5.74) is 15.5. The van der Waals surface area contributed by atoms with E-state index in [1.807, 2.05) is 0 Å². The van der Waals surface area contributed by atoms with E-state index < -0.39 is 13.5 Å². The molecule has 0 bridgehead atoms. The molecule has 0 saturated carbocycles. The van der Waals surface area contributed by atoms with Crippen molar-refractivity contribution in [2.24, 2.45) is 0 Å². The van der Waals surface area contributed by atoms with Gasteiger partial charge in [0.25, 0.3) is 0 Å². The van der Waals surface area contributed by atoms with Crippen molar-refractivity contribution in [2.45, 2.75) is 26.2 Å². The number of para-hydroxylation sites is 2. The molecule has 0 radical (unpaired) electrons. The Labute approximate surface area is 506 Å². The molecule has 2 aromatic heterocycles. The molecule has 0 amide bonds. The normalized spacial score (nSPS) is 12.9. The van der Waals surface area contributed by atoms with Crippen LogP contribution in [0.25, 0.3) is 87.3 Å². The van der Waals surface area contributed by atoms with Crippen molar-refractivity contribution >= 4 is 139 Å². The van der Waals surface area contributed by atoms with Gasteiger partial charge in [0.2, 0.25) is 0 Å². The van der Waals surface area contributed by atoms with Crippen LogP contribution in [0.2, 0.25) is 0 Å². The minimum atomic E-state index is -2.86. The van der Waals surface area contributed by atoms with Crippen LogP contribution in [-0.4, -0.2) is 8.07 Å². The average molecular weight is 1130 g/mol. The first-order valence-electron chi connectivity index (χ1n) is 30.1. The van der Waals surface area contributed by atoms with Crippen LogP contribution in [0.15, 0.2) is 306 Å². The lowest BCUT2D eigenvalue weighted by molar-refractivity contribution is 0.660. The number of rotatable bonds is 10. The molecule has 16 aromatic rings. The van der Waals surface area contributed by atoms with E-state index in [4.69, 9.17) is 8.83 Å². The third-order valence-electron chi connectivity index (χ3n) is 18.8. The minimum absolute atomic E-state index is 0.430. The summed E-state index contributed by atoms with van der Waals surface area (Å²) >= 11 is 0. The van der Waals surface area contributed by atoms with Crippen LogP contribution in [0.4, 0.5) is 34.1 Å². The van der Waals surface area contributed by atoms with Crippen molar-refractivity contribution in [3.63, 3.8) is 0 Å². The number of hydrogen-bond acceptors (Lipinski definition) is 4. The van der Waals surface area contributed by atoms with Crippen molar-refractivity contribution in [1.82, 2.24) is 0 Å². The quantitative estimate of drug-likeness (QED) is 0.101. The second-order valence-corrected chi connectivity index (χ2v) is 27.8. The first kappa shape index (κ1) is 50.8. The molecule has 412 valence electrons. The Bertz CT molecular complexity index is 5320. The molecule has 14 aromatic carbocycles. The number of anilines is 6. The fourth-order valence-corrected chi connectivity index (χ4v) is 19.4. The smallest absolute Gasteiger partial charge is 0.179 e. The van der Waals surface area contributed by atoms with Crippen molar-refractivity contribution in [1.29, 1.82) is 0 Å². The number of benzene rings is 14. The predicted octanol–water partition coefficient (Wildman–Crippen LogP) is 19.9. The van der Waals surface area contributed by atoms with Crippen molar-refractivity contribution < 1.29 is 8.83 Å². The summed E-state index contributed by atoms with van der Waals surface area (Å²) in [5, 5.41) is 16.8. The van der Waals surface area contributed by atoms with Crippen LogP contribution >= 0.6 is 0 Å². The van der Waals surface area contributed by atoms with Gasteiger partial charge in [0.15, 0.2) is 19.2 Å². The Morgan fingerprint density at radius 1 is 0.310 bits per heavy atom. The first-order chi connectivity index (χ1) is 42.8. The largest absolute Gasteiger partial charge is 0.454 e. The zero-order valence-electron chi connectivity index (χ0n) is 48.5. The lowest BCUT2D eigenvalue weighted by Crippen LogP contribution is -2.74. The van der Waals surface area contributed by atoms with Crippen molar-refractivity contribution in [3.8, 4) is 11.1 Å². The van der Waals surface area contributed by atoms with E-state index in [-0.39, 0.29) is 0 Å². The highest BCUT2D eigenvalue weighted by Crippen LogP contribution is 2.57. The van der Waals surface area contributed by atoms with Gasteiger partial charge in [0, 0.05) is 49.4 Å². The molecule has 4 nitrogen and oxygen atoms in total. The molecule has 0 saturated heterocycles. The predicted molar refractivity (Wildman–Crippen MR) is 369 cm³/mol. The summed E-state index contributed by atoms with van der Waals surface area (Å²) in [7, 11) is -2.86. The van der Waals surface area contributed by atoms with Gasteiger partial charge in [-0.25, -0.2) is 0 Å². The van der Waals surface area contributed by atoms with Gasteiger partial charge in [-0.3, -0.25) is 0 Å². The molecule has 1 aliphatic rings. The standard InChI is InChI=1S/C82H58N2O2Si/c1-53-37-45-77-70(47-53)67-33-19-35-74(80(67)85-77)83(58-40-38-54-21-13-15-23-56(54)48-58)60-42-44-69-72(50-60)82(2,3)73-52-76(65-31-17-18-32-66(65)79(69)73)84(59-41-39-55-22-14-16-24-57(55)49-59)75-36-20-34-68-71-51-64(43-46-78(71)86-81(68)75)87(61-25-7-4-8-26-61,62-27-9-5-10-28-62)63-29-11-6-12-30-63/h4-52H,1-3H3. The van der Waals surface area contributed by atoms with Crippen molar-refractivity contribution in [2.75, 3.05) is 9.80 Å². The van der Waals surface area contributed by atoms with Crippen LogP contribution in [0, 0.1) is 6.92 Å². The van der Waals surface area contributed by atoms with E-state index in [1.54, 1.807) is 0 Å². The third kappa shape index (κ3) is 7.83. The van der Waals surface area contributed by atoms with E-state index >= 15 is 0 Å². The topological polar surface area (TPSA) is 32.8 Å². The Morgan fingerprint density at radius 3 is 1.38 bits per heavy atom. The summed E-state index contributed by atoms with van der Waals surface area (Å²) in [4.78, 5) is 4.87. The van der Waals surface area contributed by atoms with Gasteiger partial charge in [0.05, 0.1) is 17.1 Å². The highest BCUT2D eigenvalue weighted by atomic mass is 28.3. The van der Waals surface area contributed by atoms with Gasteiger partial charge in [-0.1, -0.05) is 244 Å². The molecule has 0 unspecified atom stereocenters. The fraction of sp³-hybridized carbons (Fsp3) is 0.0488. The van der Waals surface area contributed by atoms with Gasteiger partial charge in [-0.05, 0) is 150 Å². The SMILES string of the molecule is Cc1ccc2oc3c(N(c4ccc5c(c4)C(C)(C)c4cc(N(c6ccc7ccccc7c6)c6cccc7c6oc6ccc([Si](c8ccccc8)(c8ccccc8)c8ccccc8)cc67)c6ccccc6c4-5)c4ccc5ccccc5c4)cccc3c2c1. The molecule has 87 heavy (non-hydrogen) atoms. The van der Waals surface area contributed by atoms with Gasteiger partial charge >= 0.3 is 0 Å². The van der Waals surface area contributed by atoms with Gasteiger partial charge < -0.3 is 18.6 Å². The van der Waals surface area contributed by atoms with Crippen LogP contribution in [-0.2, 0) is 5.41 Å². The Hall–Kier alpha value is -10.7. The van der Waals surface area contributed by atoms with E-state index in [0.29, 0.717) is 0 Å². The maximum atomic E-state index is 7.32. The van der Waals surface area contributed by atoms with E-state index in [1.165, 1.54) is 75.5 Å². The molecule has 0 atom stereocenters. The molecule has 2 heterocycles. The van der Waals surface area contributed by atoms with Gasteiger partial charge in [-0.15, -0.1) is 0 Å². The molecule has 5 heteroatoms. The monoisotopic (exact) mass is 1130 g/mol. The summed E-state index contributed by atoms with van der Waals surface area (Å²) in [6.45, 7) is 6.96. The van der Waals surface area contributed by atoms with Crippen LogP contribution in [0.3, 0.4) is 0 Å². The highest BCUT2D eigenvalue weighted by Gasteiger charge is 2.42. The third-order valence-corrected chi connectivity index (χ3v) is 23.5. The maximum absolute atomic E-state index is 7.32. The molecule has 17 rings (SSSR count). The molecule has 0 spiro atoms. The zero-order chi connectivity index (χ0) is 58.0. The lowest BCUT2D eigenvalue weighted by atomic mass is 9.81. The number of aryl methyl sites for hydroxylation is 1. The summed E-state index contributed by atoms with van der Waals surface area (Å²) < 4.78 is 14.2. The fourth-order valence-electron chi connectivity index (χ4n) is 14.7. The first-order valence-corrected chi connectivity index (χ1v) is 32.1. The Morgan fingerprint density at radius 2 is 0.782 bits per heavy atom. The number of furan rings is 2. The number of fused-ring (bicyclic) bond motifs is 13. The van der Waals surface area contributed by atoms with Crippen LogP contribution in [0.1, 0.15) is 30.5 Å². The van der Waals surface area contributed by atoms with Crippen molar-refractivity contribution in [3.05, 3.63) is 314 Å². The van der Waals surface area contributed by atoms with Gasteiger partial charge in [0.1, 0.15) is 11.2 Å².